The molecule has 174 valence electrons. The van der Waals surface area contributed by atoms with Crippen LogP contribution in [0.25, 0.3) is 11.1 Å². The summed E-state index contributed by atoms with van der Waals surface area (Å²) < 4.78 is 5.05. The Morgan fingerprint density at radius 2 is 1.26 bits per heavy atom. The Labute approximate surface area is 199 Å². The standard InChI is InChI=1S/C28H28N2O4/c1-18(19-10-4-3-5-11-19)29-24(31)16-17-25(32)30-27(28(33)34-2)26-22-14-8-6-12-20(22)21-13-7-9-15-23(21)26/h3-15,18,26-27H,16-17H2,1-2H3,(H,29,31)(H,30,32)/t18-,27-/m1/s1. The molecule has 0 heterocycles. The molecule has 1 aliphatic carbocycles. The van der Waals surface area contributed by atoms with E-state index >= 15 is 0 Å². The van der Waals surface area contributed by atoms with E-state index in [-0.39, 0.29) is 36.6 Å². The molecule has 6 heteroatoms. The number of rotatable bonds is 8. The molecular formula is C28H28N2O4. The third-order valence-electron chi connectivity index (χ3n) is 6.24. The van der Waals surface area contributed by atoms with Crippen molar-refractivity contribution in [3.63, 3.8) is 0 Å². The van der Waals surface area contributed by atoms with Crippen LogP contribution in [0, 0.1) is 0 Å². The fraction of sp³-hybridized carbons (Fsp3) is 0.250. The van der Waals surface area contributed by atoms with E-state index in [4.69, 9.17) is 4.74 Å². The molecule has 6 nitrogen and oxygen atoms in total. The molecule has 3 aromatic carbocycles. The molecular weight excluding hydrogens is 428 g/mol. The van der Waals surface area contributed by atoms with Crippen molar-refractivity contribution >= 4 is 17.8 Å². The number of ether oxygens (including phenoxy) is 1. The minimum Gasteiger partial charge on any atom is -0.467 e. The molecule has 3 aromatic rings. The second-order valence-corrected chi connectivity index (χ2v) is 8.42. The number of carbonyl (C=O) groups is 3. The number of methoxy groups -OCH3 is 1. The summed E-state index contributed by atoms with van der Waals surface area (Å²) in [5, 5.41) is 5.75. The number of fused-ring (bicyclic) bond motifs is 3. The van der Waals surface area contributed by atoms with Gasteiger partial charge in [-0.05, 0) is 34.7 Å². The van der Waals surface area contributed by atoms with Gasteiger partial charge >= 0.3 is 5.97 Å². The maximum Gasteiger partial charge on any atom is 0.329 e. The van der Waals surface area contributed by atoms with Crippen LogP contribution in [0.15, 0.2) is 78.9 Å². The summed E-state index contributed by atoms with van der Waals surface area (Å²) in [5.74, 6) is -1.49. The molecule has 4 rings (SSSR count). The van der Waals surface area contributed by atoms with Gasteiger partial charge in [0.1, 0.15) is 6.04 Å². The van der Waals surface area contributed by atoms with E-state index in [9.17, 15) is 14.4 Å². The van der Waals surface area contributed by atoms with Crippen molar-refractivity contribution in [3.05, 3.63) is 95.6 Å². The molecule has 0 unspecified atom stereocenters. The zero-order valence-electron chi connectivity index (χ0n) is 19.3. The maximum absolute atomic E-state index is 12.8. The van der Waals surface area contributed by atoms with E-state index in [0.717, 1.165) is 27.8 Å². The Balaban J connectivity index is 1.45. The molecule has 1 aliphatic rings. The highest BCUT2D eigenvalue weighted by Crippen LogP contribution is 2.46. The maximum atomic E-state index is 12.8. The van der Waals surface area contributed by atoms with Crippen molar-refractivity contribution in [1.29, 1.82) is 0 Å². The number of carbonyl (C=O) groups excluding carboxylic acids is 3. The molecule has 0 aliphatic heterocycles. The lowest BCUT2D eigenvalue weighted by Gasteiger charge is -2.24. The molecule has 0 saturated heterocycles. The summed E-state index contributed by atoms with van der Waals surface area (Å²) in [6.07, 6.45) is -0.00834. The topological polar surface area (TPSA) is 84.5 Å². The number of benzene rings is 3. The van der Waals surface area contributed by atoms with E-state index in [1.807, 2.05) is 85.8 Å². The second-order valence-electron chi connectivity index (χ2n) is 8.42. The molecule has 2 amide bonds. The van der Waals surface area contributed by atoms with Gasteiger partial charge in [-0.15, -0.1) is 0 Å². The molecule has 0 fully saturated rings. The predicted octanol–water partition coefficient (Wildman–Crippen LogP) is 4.11. The molecule has 0 radical (unpaired) electrons. The average molecular weight is 457 g/mol. The molecule has 34 heavy (non-hydrogen) atoms. The van der Waals surface area contributed by atoms with Crippen molar-refractivity contribution < 1.29 is 19.1 Å². The summed E-state index contributed by atoms with van der Waals surface area (Å²) in [6, 6.07) is 24.3. The Bertz CT molecular complexity index is 1150. The minimum atomic E-state index is -0.895. The number of amides is 2. The lowest BCUT2D eigenvalue weighted by atomic mass is 9.89. The van der Waals surface area contributed by atoms with Gasteiger partial charge in [-0.25, -0.2) is 4.79 Å². The van der Waals surface area contributed by atoms with E-state index in [1.165, 1.54) is 7.11 Å². The first-order chi connectivity index (χ1) is 16.5. The Hall–Kier alpha value is -3.93. The van der Waals surface area contributed by atoms with Crippen LogP contribution < -0.4 is 10.6 Å². The predicted molar refractivity (Wildman–Crippen MR) is 130 cm³/mol. The van der Waals surface area contributed by atoms with Gasteiger partial charge in [0.15, 0.2) is 0 Å². The van der Waals surface area contributed by atoms with Crippen LogP contribution >= 0.6 is 0 Å². The quantitative estimate of drug-likeness (QED) is 0.500. The molecule has 2 N–H and O–H groups in total. The van der Waals surface area contributed by atoms with Gasteiger partial charge in [0.05, 0.1) is 13.2 Å². The molecule has 2 atom stereocenters. The van der Waals surface area contributed by atoms with E-state index in [0.29, 0.717) is 0 Å². The average Bonchev–Trinajstić information content (AvgIpc) is 3.20. The summed E-state index contributed by atoms with van der Waals surface area (Å²) in [5.41, 5.74) is 5.01. The molecule has 0 saturated carbocycles. The zero-order valence-corrected chi connectivity index (χ0v) is 19.3. The second kappa shape index (κ2) is 10.3. The first-order valence-corrected chi connectivity index (χ1v) is 11.4. The van der Waals surface area contributed by atoms with Crippen LogP contribution in [0.5, 0.6) is 0 Å². The number of hydrogen-bond acceptors (Lipinski definition) is 4. The van der Waals surface area contributed by atoms with E-state index < -0.39 is 12.0 Å². The van der Waals surface area contributed by atoms with Crippen LogP contribution in [-0.4, -0.2) is 30.9 Å². The Kier molecular flexibility index (Phi) is 7.07. The van der Waals surface area contributed by atoms with Crippen molar-refractivity contribution in [3.8, 4) is 11.1 Å². The lowest BCUT2D eigenvalue weighted by Crippen LogP contribution is -2.45. The highest BCUT2D eigenvalue weighted by molar-refractivity contribution is 5.90. The summed E-state index contributed by atoms with van der Waals surface area (Å²) in [7, 11) is 1.31. The van der Waals surface area contributed by atoms with Crippen molar-refractivity contribution in [2.75, 3.05) is 7.11 Å². The van der Waals surface area contributed by atoms with E-state index in [1.54, 1.807) is 0 Å². The molecule has 0 bridgehead atoms. The van der Waals surface area contributed by atoms with Crippen LogP contribution in [0.4, 0.5) is 0 Å². The van der Waals surface area contributed by atoms with Crippen molar-refractivity contribution in [2.45, 2.75) is 37.8 Å². The largest absolute Gasteiger partial charge is 0.467 e. The van der Waals surface area contributed by atoms with Crippen LogP contribution in [0.3, 0.4) is 0 Å². The first-order valence-electron chi connectivity index (χ1n) is 11.4. The molecule has 0 aromatic heterocycles. The highest BCUT2D eigenvalue weighted by Gasteiger charge is 2.39. The number of esters is 1. The van der Waals surface area contributed by atoms with Crippen molar-refractivity contribution in [1.82, 2.24) is 10.6 Å². The number of hydrogen-bond donors (Lipinski definition) is 2. The fourth-order valence-electron chi connectivity index (χ4n) is 4.57. The summed E-state index contributed by atoms with van der Waals surface area (Å²) in [6.45, 7) is 1.90. The van der Waals surface area contributed by atoms with Gasteiger partial charge in [-0.1, -0.05) is 78.9 Å². The lowest BCUT2D eigenvalue weighted by molar-refractivity contribution is -0.145. The molecule has 0 spiro atoms. The minimum absolute atomic E-state index is 0.0226. The Morgan fingerprint density at radius 1 is 0.765 bits per heavy atom. The van der Waals surface area contributed by atoms with Crippen LogP contribution in [0.2, 0.25) is 0 Å². The zero-order chi connectivity index (χ0) is 24.1. The first kappa shape index (κ1) is 23.2. The number of nitrogens with one attached hydrogen (secondary N) is 2. The third kappa shape index (κ3) is 4.86. The van der Waals surface area contributed by atoms with Gasteiger partial charge in [-0.2, -0.15) is 0 Å². The highest BCUT2D eigenvalue weighted by atomic mass is 16.5. The Morgan fingerprint density at radius 3 is 1.82 bits per heavy atom. The van der Waals surface area contributed by atoms with Crippen LogP contribution in [0.1, 0.15) is 48.4 Å². The smallest absolute Gasteiger partial charge is 0.329 e. The summed E-state index contributed by atoms with van der Waals surface area (Å²) in [4.78, 5) is 38.0. The van der Waals surface area contributed by atoms with Gasteiger partial charge in [0.25, 0.3) is 0 Å². The monoisotopic (exact) mass is 456 g/mol. The van der Waals surface area contributed by atoms with Gasteiger partial charge in [0, 0.05) is 18.8 Å². The normalized spacial score (nSPS) is 13.8. The van der Waals surface area contributed by atoms with Gasteiger partial charge in [0.2, 0.25) is 11.8 Å². The summed E-state index contributed by atoms with van der Waals surface area (Å²) >= 11 is 0. The van der Waals surface area contributed by atoms with E-state index in [2.05, 4.69) is 10.6 Å². The van der Waals surface area contributed by atoms with Gasteiger partial charge < -0.3 is 15.4 Å². The SMILES string of the molecule is COC(=O)[C@H](NC(=O)CCC(=O)N[C@H](C)c1ccccc1)C1c2ccccc2-c2ccccc21. The van der Waals surface area contributed by atoms with Gasteiger partial charge in [-0.3, -0.25) is 9.59 Å². The van der Waals surface area contributed by atoms with Crippen molar-refractivity contribution in [2.24, 2.45) is 0 Å². The third-order valence-corrected chi connectivity index (χ3v) is 6.24. The fourth-order valence-corrected chi connectivity index (χ4v) is 4.57. The van der Waals surface area contributed by atoms with Crippen LogP contribution in [-0.2, 0) is 19.1 Å².